The number of nitrogens with zero attached hydrogens (tertiary/aromatic N) is 2. The molecule has 2 N–H and O–H groups in total. The number of rotatable bonds is 4. The van der Waals surface area contributed by atoms with Gasteiger partial charge >= 0.3 is 0 Å². The highest BCUT2D eigenvalue weighted by molar-refractivity contribution is 5.94. The fourth-order valence-electron chi connectivity index (χ4n) is 3.35. The van der Waals surface area contributed by atoms with E-state index < -0.39 is 0 Å². The lowest BCUT2D eigenvalue weighted by Crippen LogP contribution is -2.47. The van der Waals surface area contributed by atoms with Gasteiger partial charge in [0.15, 0.2) is 0 Å². The summed E-state index contributed by atoms with van der Waals surface area (Å²) in [4.78, 5) is 30.6. The van der Waals surface area contributed by atoms with Gasteiger partial charge in [0, 0.05) is 43.6 Å². The average Bonchev–Trinajstić information content (AvgIpc) is 3.13. The molecule has 2 saturated heterocycles. The first kappa shape index (κ1) is 21.7. The molecule has 0 bridgehead atoms. The molecule has 0 spiro atoms. The second kappa shape index (κ2) is 10.6. The maximum Gasteiger partial charge on any atom is 0.253 e. The van der Waals surface area contributed by atoms with Crippen molar-refractivity contribution >= 4 is 36.6 Å². The van der Waals surface area contributed by atoms with E-state index >= 15 is 0 Å². The van der Waals surface area contributed by atoms with Crippen LogP contribution in [-0.2, 0) is 4.79 Å². The Morgan fingerprint density at radius 3 is 2.64 bits per heavy atom. The van der Waals surface area contributed by atoms with Crippen LogP contribution in [0.3, 0.4) is 0 Å². The van der Waals surface area contributed by atoms with E-state index in [1.54, 1.807) is 29.4 Å². The molecule has 8 heteroatoms. The molecule has 1 aromatic heterocycles. The fourth-order valence-corrected chi connectivity index (χ4v) is 3.35. The van der Waals surface area contributed by atoms with Crippen LogP contribution in [-0.4, -0.2) is 53.9 Å². The molecule has 1 aromatic rings. The van der Waals surface area contributed by atoms with E-state index in [1.165, 1.54) is 6.42 Å². The van der Waals surface area contributed by atoms with Crippen LogP contribution in [0.4, 0.5) is 0 Å². The van der Waals surface area contributed by atoms with E-state index in [9.17, 15) is 9.59 Å². The molecule has 0 saturated carbocycles. The van der Waals surface area contributed by atoms with Crippen LogP contribution < -0.4 is 10.6 Å². The van der Waals surface area contributed by atoms with Crippen LogP contribution in [0.25, 0.3) is 0 Å². The van der Waals surface area contributed by atoms with Gasteiger partial charge in [-0.3, -0.25) is 14.6 Å². The van der Waals surface area contributed by atoms with Crippen molar-refractivity contribution in [2.24, 2.45) is 5.92 Å². The molecule has 2 amide bonds. The van der Waals surface area contributed by atoms with Gasteiger partial charge < -0.3 is 15.5 Å². The molecular formula is C17H26Cl2N4O2. The van der Waals surface area contributed by atoms with Gasteiger partial charge in [-0.25, -0.2) is 0 Å². The zero-order valence-electron chi connectivity index (χ0n) is 14.1. The topological polar surface area (TPSA) is 74.3 Å². The Hall–Kier alpha value is -1.37. The molecule has 2 unspecified atom stereocenters. The van der Waals surface area contributed by atoms with Gasteiger partial charge in [-0.15, -0.1) is 24.8 Å². The molecule has 0 aliphatic carbocycles. The summed E-state index contributed by atoms with van der Waals surface area (Å²) in [5.74, 6) is -0.0378. The summed E-state index contributed by atoms with van der Waals surface area (Å²) in [7, 11) is 0. The predicted octanol–water partition coefficient (Wildman–Crippen LogP) is 1.65. The normalized spacial score (nSPS) is 22.5. The van der Waals surface area contributed by atoms with Crippen molar-refractivity contribution in [2.45, 2.75) is 31.7 Å². The minimum atomic E-state index is -0.101. The number of carbonyl (C=O) groups is 2. The zero-order valence-corrected chi connectivity index (χ0v) is 15.8. The number of carbonyl (C=O) groups excluding carboxylic acids is 2. The minimum Gasteiger partial charge on any atom is -0.354 e. The van der Waals surface area contributed by atoms with E-state index in [0.717, 1.165) is 32.4 Å². The maximum absolute atomic E-state index is 12.5. The third-order valence-corrected chi connectivity index (χ3v) is 4.69. The van der Waals surface area contributed by atoms with Crippen molar-refractivity contribution in [3.63, 3.8) is 0 Å². The Morgan fingerprint density at radius 2 is 1.96 bits per heavy atom. The SMILES string of the molecule is Cl.Cl.O=C(NCC1CCCN1)C1CCCN(C(=O)c2ccncc2)C1. The molecule has 2 aliphatic heterocycles. The monoisotopic (exact) mass is 388 g/mol. The van der Waals surface area contributed by atoms with Gasteiger partial charge in [0.1, 0.15) is 0 Å². The molecule has 0 aromatic carbocycles. The number of aromatic nitrogens is 1. The molecule has 3 heterocycles. The summed E-state index contributed by atoms with van der Waals surface area (Å²) in [5, 5.41) is 6.42. The molecule has 2 aliphatic rings. The van der Waals surface area contributed by atoms with Crippen molar-refractivity contribution in [1.82, 2.24) is 20.5 Å². The highest BCUT2D eigenvalue weighted by Gasteiger charge is 2.29. The van der Waals surface area contributed by atoms with Crippen LogP contribution in [0.1, 0.15) is 36.0 Å². The molecule has 0 radical (unpaired) electrons. The van der Waals surface area contributed by atoms with Crippen LogP contribution in [0, 0.1) is 5.92 Å². The molecule has 2 fully saturated rings. The lowest BCUT2D eigenvalue weighted by atomic mass is 9.96. The lowest BCUT2D eigenvalue weighted by molar-refractivity contribution is -0.126. The smallest absolute Gasteiger partial charge is 0.253 e. The van der Waals surface area contributed by atoms with Crippen molar-refractivity contribution in [1.29, 1.82) is 0 Å². The molecule has 2 atom stereocenters. The lowest BCUT2D eigenvalue weighted by Gasteiger charge is -2.32. The van der Waals surface area contributed by atoms with Crippen LogP contribution in [0.5, 0.6) is 0 Å². The quantitative estimate of drug-likeness (QED) is 0.821. The van der Waals surface area contributed by atoms with Gasteiger partial charge in [0.25, 0.3) is 5.91 Å². The van der Waals surface area contributed by atoms with E-state index in [-0.39, 0.29) is 42.5 Å². The van der Waals surface area contributed by atoms with Crippen LogP contribution in [0.2, 0.25) is 0 Å². The number of piperidine rings is 1. The largest absolute Gasteiger partial charge is 0.354 e. The van der Waals surface area contributed by atoms with Crippen molar-refractivity contribution in [2.75, 3.05) is 26.2 Å². The first-order valence-corrected chi connectivity index (χ1v) is 8.44. The number of nitrogens with one attached hydrogen (secondary N) is 2. The fraction of sp³-hybridized carbons (Fsp3) is 0.588. The highest BCUT2D eigenvalue weighted by Crippen LogP contribution is 2.19. The number of hydrogen-bond donors (Lipinski definition) is 2. The van der Waals surface area contributed by atoms with Gasteiger partial charge in [-0.05, 0) is 44.4 Å². The highest BCUT2D eigenvalue weighted by atomic mass is 35.5. The molecule has 25 heavy (non-hydrogen) atoms. The minimum absolute atomic E-state index is 0. The molecule has 3 rings (SSSR count). The third kappa shape index (κ3) is 5.83. The molecule has 140 valence electrons. The number of halogens is 2. The first-order valence-electron chi connectivity index (χ1n) is 8.44. The van der Waals surface area contributed by atoms with Gasteiger partial charge in [-0.1, -0.05) is 0 Å². The van der Waals surface area contributed by atoms with E-state index in [1.807, 2.05) is 0 Å². The Labute approximate surface area is 161 Å². The predicted molar refractivity (Wildman–Crippen MR) is 101 cm³/mol. The Kier molecular flexibility index (Phi) is 9.17. The molecular weight excluding hydrogens is 363 g/mol. The number of pyridine rings is 1. The van der Waals surface area contributed by atoms with Gasteiger partial charge in [0.2, 0.25) is 5.91 Å². The number of hydrogen-bond acceptors (Lipinski definition) is 4. The maximum atomic E-state index is 12.5. The van der Waals surface area contributed by atoms with Crippen molar-refractivity contribution in [3.8, 4) is 0 Å². The summed E-state index contributed by atoms with van der Waals surface area (Å²) in [6.45, 7) is 2.95. The second-order valence-electron chi connectivity index (χ2n) is 6.36. The Bertz CT molecular complexity index is 553. The summed E-state index contributed by atoms with van der Waals surface area (Å²) in [6, 6.07) is 3.84. The summed E-state index contributed by atoms with van der Waals surface area (Å²) in [6.07, 6.45) is 7.27. The Morgan fingerprint density at radius 1 is 1.20 bits per heavy atom. The Balaban J connectivity index is 0.00000156. The standard InChI is InChI=1S/C17H24N4O2.2ClH/c22-16(20-11-15-4-1-7-19-15)14-3-2-10-21(12-14)17(23)13-5-8-18-9-6-13;;/h5-6,8-9,14-15,19H,1-4,7,10-12H2,(H,20,22);2*1H. The van der Waals surface area contributed by atoms with E-state index in [2.05, 4.69) is 15.6 Å². The van der Waals surface area contributed by atoms with E-state index in [4.69, 9.17) is 0 Å². The first-order chi connectivity index (χ1) is 11.2. The molecule has 6 nitrogen and oxygen atoms in total. The number of amides is 2. The second-order valence-corrected chi connectivity index (χ2v) is 6.36. The van der Waals surface area contributed by atoms with Crippen molar-refractivity contribution < 1.29 is 9.59 Å². The average molecular weight is 389 g/mol. The zero-order chi connectivity index (χ0) is 16.1. The summed E-state index contributed by atoms with van der Waals surface area (Å²) >= 11 is 0. The summed E-state index contributed by atoms with van der Waals surface area (Å²) < 4.78 is 0. The summed E-state index contributed by atoms with van der Waals surface area (Å²) in [5.41, 5.74) is 0.635. The van der Waals surface area contributed by atoms with E-state index in [0.29, 0.717) is 24.7 Å². The number of likely N-dealkylation sites (tertiary alicyclic amines) is 1. The van der Waals surface area contributed by atoms with Crippen LogP contribution in [0.15, 0.2) is 24.5 Å². The third-order valence-electron chi connectivity index (χ3n) is 4.69. The van der Waals surface area contributed by atoms with Gasteiger partial charge in [0.05, 0.1) is 5.92 Å². The van der Waals surface area contributed by atoms with Gasteiger partial charge in [-0.2, -0.15) is 0 Å². The van der Waals surface area contributed by atoms with Crippen molar-refractivity contribution in [3.05, 3.63) is 30.1 Å². The van der Waals surface area contributed by atoms with Crippen LogP contribution >= 0.6 is 24.8 Å².